The Balaban J connectivity index is 1.70. The summed E-state index contributed by atoms with van der Waals surface area (Å²) in [4.78, 5) is 27.6. The molecule has 0 heterocycles. The van der Waals surface area contributed by atoms with Crippen LogP contribution in [0.4, 0.5) is 5.69 Å². The van der Waals surface area contributed by atoms with E-state index in [4.69, 9.17) is 27.9 Å². The quantitative estimate of drug-likeness (QED) is 0.606. The maximum atomic E-state index is 13.1. The van der Waals surface area contributed by atoms with Gasteiger partial charge in [-0.1, -0.05) is 54.6 Å². The zero-order valence-corrected chi connectivity index (χ0v) is 18.7. The molecule has 0 aliphatic heterocycles. The Morgan fingerprint density at radius 3 is 2.50 bits per heavy atom. The zero-order valence-electron chi connectivity index (χ0n) is 17.2. The predicted octanol–water partition coefficient (Wildman–Crippen LogP) is 5.80. The minimum Gasteiger partial charge on any atom is -0.479 e. The SMILES string of the molecule is C[C@H](Oc1ccc(Cl)cc1Cl)C(=O)Nc1ccccc1C(=O)N(C)C1CCCCC1. The van der Waals surface area contributed by atoms with Crippen molar-refractivity contribution in [3.63, 3.8) is 0 Å². The maximum absolute atomic E-state index is 13.1. The first-order valence-corrected chi connectivity index (χ1v) is 10.9. The highest BCUT2D eigenvalue weighted by Gasteiger charge is 2.25. The third-order valence-corrected chi connectivity index (χ3v) is 5.96. The summed E-state index contributed by atoms with van der Waals surface area (Å²) in [6.45, 7) is 1.62. The molecular weight excluding hydrogens is 423 g/mol. The van der Waals surface area contributed by atoms with Gasteiger partial charge in [0.05, 0.1) is 16.3 Å². The van der Waals surface area contributed by atoms with E-state index in [2.05, 4.69) is 5.32 Å². The van der Waals surface area contributed by atoms with Crippen molar-refractivity contribution in [3.05, 3.63) is 58.1 Å². The Morgan fingerprint density at radius 1 is 1.10 bits per heavy atom. The van der Waals surface area contributed by atoms with Gasteiger partial charge in [0.25, 0.3) is 11.8 Å². The molecule has 1 aliphatic carbocycles. The number of ether oxygens (including phenoxy) is 1. The van der Waals surface area contributed by atoms with Crippen molar-refractivity contribution in [3.8, 4) is 5.75 Å². The summed E-state index contributed by atoms with van der Waals surface area (Å²) in [6, 6.07) is 12.1. The van der Waals surface area contributed by atoms with Crippen molar-refractivity contribution in [2.45, 2.75) is 51.2 Å². The summed E-state index contributed by atoms with van der Waals surface area (Å²) < 4.78 is 5.68. The Kier molecular flexibility index (Phi) is 7.62. The summed E-state index contributed by atoms with van der Waals surface area (Å²) >= 11 is 12.0. The Bertz CT molecular complexity index is 913. The number of carbonyl (C=O) groups excluding carboxylic acids is 2. The molecule has 1 atom stereocenters. The first-order chi connectivity index (χ1) is 14.4. The molecule has 5 nitrogen and oxygen atoms in total. The molecule has 2 aromatic rings. The minimum absolute atomic E-state index is 0.0906. The van der Waals surface area contributed by atoms with E-state index in [-0.39, 0.29) is 17.9 Å². The van der Waals surface area contributed by atoms with Crippen LogP contribution < -0.4 is 10.1 Å². The van der Waals surface area contributed by atoms with Crippen LogP contribution in [0.5, 0.6) is 5.75 Å². The number of nitrogens with one attached hydrogen (secondary N) is 1. The van der Waals surface area contributed by atoms with Gasteiger partial charge in [0.15, 0.2) is 6.10 Å². The zero-order chi connectivity index (χ0) is 21.7. The van der Waals surface area contributed by atoms with Crippen molar-refractivity contribution in [2.75, 3.05) is 12.4 Å². The van der Waals surface area contributed by atoms with E-state index >= 15 is 0 Å². The molecule has 0 spiro atoms. The summed E-state index contributed by atoms with van der Waals surface area (Å²) in [5.74, 6) is -0.0983. The van der Waals surface area contributed by atoms with E-state index < -0.39 is 6.10 Å². The number of carbonyl (C=O) groups is 2. The molecule has 3 rings (SSSR count). The van der Waals surface area contributed by atoms with Crippen LogP contribution in [-0.4, -0.2) is 35.9 Å². The van der Waals surface area contributed by atoms with E-state index in [9.17, 15) is 9.59 Å². The van der Waals surface area contributed by atoms with E-state index in [1.807, 2.05) is 7.05 Å². The van der Waals surface area contributed by atoms with E-state index in [0.29, 0.717) is 27.0 Å². The van der Waals surface area contributed by atoms with Gasteiger partial charge in [-0.15, -0.1) is 0 Å². The fraction of sp³-hybridized carbons (Fsp3) is 0.391. The molecule has 2 aromatic carbocycles. The molecule has 0 aromatic heterocycles. The summed E-state index contributed by atoms with van der Waals surface area (Å²) in [5.41, 5.74) is 0.934. The highest BCUT2D eigenvalue weighted by atomic mass is 35.5. The third kappa shape index (κ3) is 5.46. The summed E-state index contributed by atoms with van der Waals surface area (Å²) in [5, 5.41) is 3.63. The number of nitrogens with zero attached hydrogens (tertiary/aromatic N) is 1. The summed E-state index contributed by atoms with van der Waals surface area (Å²) in [7, 11) is 1.84. The second kappa shape index (κ2) is 10.2. The molecule has 7 heteroatoms. The van der Waals surface area contributed by atoms with Crippen molar-refractivity contribution < 1.29 is 14.3 Å². The van der Waals surface area contributed by atoms with Crippen LogP contribution in [0.3, 0.4) is 0 Å². The molecule has 1 aliphatic rings. The van der Waals surface area contributed by atoms with Crippen LogP contribution in [0, 0.1) is 0 Å². The van der Waals surface area contributed by atoms with Crippen molar-refractivity contribution in [2.24, 2.45) is 0 Å². The molecule has 160 valence electrons. The molecule has 30 heavy (non-hydrogen) atoms. The predicted molar refractivity (Wildman–Crippen MR) is 121 cm³/mol. The number of hydrogen-bond donors (Lipinski definition) is 1. The number of amides is 2. The molecule has 2 amide bonds. The number of rotatable bonds is 6. The van der Waals surface area contributed by atoms with E-state index in [1.54, 1.807) is 54.3 Å². The third-order valence-electron chi connectivity index (χ3n) is 5.43. The smallest absolute Gasteiger partial charge is 0.265 e. The van der Waals surface area contributed by atoms with Crippen LogP contribution >= 0.6 is 23.2 Å². The molecule has 1 N–H and O–H groups in total. The number of para-hydroxylation sites is 1. The lowest BCUT2D eigenvalue weighted by Gasteiger charge is -2.31. The van der Waals surface area contributed by atoms with Crippen LogP contribution in [0.25, 0.3) is 0 Å². The number of benzene rings is 2. The van der Waals surface area contributed by atoms with Gasteiger partial charge >= 0.3 is 0 Å². The van der Waals surface area contributed by atoms with Crippen LogP contribution in [-0.2, 0) is 4.79 Å². The Hall–Kier alpha value is -2.24. The fourth-order valence-electron chi connectivity index (χ4n) is 3.65. The Labute approximate surface area is 187 Å². The van der Waals surface area contributed by atoms with Gasteiger partial charge in [0.1, 0.15) is 5.75 Å². The largest absolute Gasteiger partial charge is 0.479 e. The second-order valence-electron chi connectivity index (χ2n) is 7.58. The average molecular weight is 449 g/mol. The molecule has 1 fully saturated rings. The first kappa shape index (κ1) is 22.4. The van der Waals surface area contributed by atoms with E-state index in [1.165, 1.54) is 6.42 Å². The molecule has 1 saturated carbocycles. The first-order valence-electron chi connectivity index (χ1n) is 10.2. The monoisotopic (exact) mass is 448 g/mol. The lowest BCUT2D eigenvalue weighted by molar-refractivity contribution is -0.122. The topological polar surface area (TPSA) is 58.6 Å². The fourth-order valence-corrected chi connectivity index (χ4v) is 4.10. The van der Waals surface area contributed by atoms with Gasteiger partial charge in [-0.25, -0.2) is 0 Å². The molecular formula is C23H26Cl2N2O3. The average Bonchev–Trinajstić information content (AvgIpc) is 2.75. The summed E-state index contributed by atoms with van der Waals surface area (Å²) in [6.07, 6.45) is 4.72. The van der Waals surface area contributed by atoms with Gasteiger partial charge in [0, 0.05) is 18.1 Å². The highest BCUT2D eigenvalue weighted by Crippen LogP contribution is 2.29. The van der Waals surface area contributed by atoms with Crippen molar-refractivity contribution in [1.82, 2.24) is 4.90 Å². The Morgan fingerprint density at radius 2 is 1.80 bits per heavy atom. The standard InChI is InChI=1S/C23H26Cl2N2O3/c1-15(30-21-13-12-16(24)14-19(21)25)22(28)26-20-11-7-6-10-18(20)23(29)27(2)17-8-4-3-5-9-17/h6-7,10-15,17H,3-5,8-9H2,1-2H3,(H,26,28)/t15-/m0/s1. The number of hydrogen-bond acceptors (Lipinski definition) is 3. The highest BCUT2D eigenvalue weighted by molar-refractivity contribution is 6.35. The van der Waals surface area contributed by atoms with Gasteiger partial charge in [0.2, 0.25) is 0 Å². The van der Waals surface area contributed by atoms with E-state index in [0.717, 1.165) is 25.7 Å². The number of halogens is 2. The van der Waals surface area contributed by atoms with Gasteiger partial charge in [-0.05, 0) is 50.1 Å². The molecule has 0 unspecified atom stereocenters. The lowest BCUT2D eigenvalue weighted by Crippen LogP contribution is -2.39. The van der Waals surface area contributed by atoms with Crippen LogP contribution in [0.2, 0.25) is 10.0 Å². The van der Waals surface area contributed by atoms with Crippen molar-refractivity contribution in [1.29, 1.82) is 0 Å². The normalized spacial score (nSPS) is 15.3. The van der Waals surface area contributed by atoms with Gasteiger partial charge in [-0.2, -0.15) is 0 Å². The van der Waals surface area contributed by atoms with Gasteiger partial charge < -0.3 is 15.0 Å². The van der Waals surface area contributed by atoms with Crippen LogP contribution in [0.15, 0.2) is 42.5 Å². The van der Waals surface area contributed by atoms with Crippen LogP contribution in [0.1, 0.15) is 49.4 Å². The molecule has 0 saturated heterocycles. The second-order valence-corrected chi connectivity index (χ2v) is 8.42. The molecule has 0 bridgehead atoms. The van der Waals surface area contributed by atoms with Gasteiger partial charge in [-0.3, -0.25) is 9.59 Å². The molecule has 0 radical (unpaired) electrons. The lowest BCUT2D eigenvalue weighted by atomic mass is 9.94. The van der Waals surface area contributed by atoms with Crippen molar-refractivity contribution >= 4 is 40.7 Å². The number of anilines is 1. The maximum Gasteiger partial charge on any atom is 0.265 e. The minimum atomic E-state index is -0.817.